The van der Waals surface area contributed by atoms with Crippen molar-refractivity contribution in [2.75, 3.05) is 0 Å². The molecule has 1 heterocycles. The van der Waals surface area contributed by atoms with Gasteiger partial charge in [0.2, 0.25) is 0 Å². The molecular formula is C13H20N2O3S. The second-order valence-electron chi connectivity index (χ2n) is 4.30. The Morgan fingerprint density at radius 3 is 2.53 bits per heavy atom. The third-order valence-electron chi connectivity index (χ3n) is 2.85. The molecule has 5 nitrogen and oxygen atoms in total. The first-order chi connectivity index (χ1) is 9.06. The largest absolute Gasteiger partial charge is 0.481 e. The number of carboxylic acid groups (broad SMARTS) is 1. The van der Waals surface area contributed by atoms with E-state index >= 15 is 0 Å². The first kappa shape index (κ1) is 15.5. The van der Waals surface area contributed by atoms with Gasteiger partial charge in [-0.15, -0.1) is 11.3 Å². The summed E-state index contributed by atoms with van der Waals surface area (Å²) in [6, 6.07) is 3.25. The van der Waals surface area contributed by atoms with Crippen molar-refractivity contribution in [1.82, 2.24) is 10.6 Å². The molecule has 3 N–H and O–H groups in total. The summed E-state index contributed by atoms with van der Waals surface area (Å²) in [5.41, 5.74) is 0. The van der Waals surface area contributed by atoms with Crippen LogP contribution in [0.25, 0.3) is 0 Å². The van der Waals surface area contributed by atoms with Gasteiger partial charge >= 0.3 is 12.0 Å². The van der Waals surface area contributed by atoms with Gasteiger partial charge in [-0.1, -0.05) is 19.9 Å². The van der Waals surface area contributed by atoms with Crippen LogP contribution in [-0.2, 0) is 4.79 Å². The molecule has 0 aliphatic heterocycles. The summed E-state index contributed by atoms with van der Waals surface area (Å²) in [4.78, 5) is 23.6. The van der Waals surface area contributed by atoms with Gasteiger partial charge < -0.3 is 15.7 Å². The molecule has 2 atom stereocenters. The number of urea groups is 1. The molecule has 0 saturated carbocycles. The summed E-state index contributed by atoms with van der Waals surface area (Å²) in [5.74, 6) is -0.905. The number of carbonyl (C=O) groups is 2. The van der Waals surface area contributed by atoms with Crippen LogP contribution in [0.3, 0.4) is 0 Å². The topological polar surface area (TPSA) is 78.4 Å². The Labute approximate surface area is 117 Å². The summed E-state index contributed by atoms with van der Waals surface area (Å²) in [5, 5.41) is 16.3. The van der Waals surface area contributed by atoms with Crippen molar-refractivity contribution in [1.29, 1.82) is 0 Å². The van der Waals surface area contributed by atoms with Crippen LogP contribution in [0.1, 0.15) is 44.0 Å². The highest BCUT2D eigenvalue weighted by Crippen LogP contribution is 2.21. The van der Waals surface area contributed by atoms with Gasteiger partial charge in [0, 0.05) is 10.9 Å². The quantitative estimate of drug-likeness (QED) is 0.720. The molecule has 0 fully saturated rings. The van der Waals surface area contributed by atoms with Crippen molar-refractivity contribution >= 4 is 23.3 Å². The number of carbonyl (C=O) groups excluding carboxylic acids is 1. The fraction of sp³-hybridized carbons (Fsp3) is 0.538. The predicted molar refractivity (Wildman–Crippen MR) is 75.4 cm³/mol. The van der Waals surface area contributed by atoms with Crippen LogP contribution in [0.2, 0.25) is 0 Å². The Balaban J connectivity index is 2.51. The zero-order valence-corrected chi connectivity index (χ0v) is 12.0. The zero-order chi connectivity index (χ0) is 14.3. The van der Waals surface area contributed by atoms with E-state index in [0.717, 1.165) is 11.3 Å². The summed E-state index contributed by atoms with van der Waals surface area (Å²) in [6.45, 7) is 3.85. The summed E-state index contributed by atoms with van der Waals surface area (Å²) >= 11 is 1.60. The molecule has 106 valence electrons. The van der Waals surface area contributed by atoms with Crippen LogP contribution in [-0.4, -0.2) is 23.1 Å². The van der Waals surface area contributed by atoms with Gasteiger partial charge in [-0.2, -0.15) is 0 Å². The summed E-state index contributed by atoms with van der Waals surface area (Å²) in [6.07, 6.45) is 1.33. The maximum absolute atomic E-state index is 11.8. The van der Waals surface area contributed by atoms with E-state index in [0.29, 0.717) is 6.42 Å². The maximum atomic E-state index is 11.8. The number of rotatable bonds is 7. The molecule has 0 aromatic carbocycles. The maximum Gasteiger partial charge on any atom is 0.315 e. The number of thiophene rings is 1. The molecule has 1 rings (SSSR count). The highest BCUT2D eigenvalue weighted by Gasteiger charge is 2.17. The minimum atomic E-state index is -0.905. The van der Waals surface area contributed by atoms with Gasteiger partial charge in [-0.05, 0) is 24.3 Å². The molecule has 0 saturated heterocycles. The minimum absolute atomic E-state index is 0.0256. The Morgan fingerprint density at radius 2 is 2.05 bits per heavy atom. The van der Waals surface area contributed by atoms with E-state index in [2.05, 4.69) is 10.6 Å². The van der Waals surface area contributed by atoms with Gasteiger partial charge in [-0.25, -0.2) is 4.79 Å². The normalized spacial score (nSPS) is 13.6. The second-order valence-corrected chi connectivity index (χ2v) is 5.28. The first-order valence-corrected chi connectivity index (χ1v) is 7.27. The van der Waals surface area contributed by atoms with E-state index in [1.54, 1.807) is 11.3 Å². The predicted octanol–water partition coefficient (Wildman–Crippen LogP) is 2.75. The molecule has 0 aliphatic carbocycles. The summed E-state index contributed by atoms with van der Waals surface area (Å²) in [7, 11) is 0. The van der Waals surface area contributed by atoms with E-state index in [1.807, 2.05) is 31.4 Å². The second kappa shape index (κ2) is 7.78. The van der Waals surface area contributed by atoms with Crippen molar-refractivity contribution < 1.29 is 14.7 Å². The van der Waals surface area contributed by atoms with Gasteiger partial charge in [0.15, 0.2) is 0 Å². The number of hydrogen-bond donors (Lipinski definition) is 3. The van der Waals surface area contributed by atoms with Crippen LogP contribution in [0.15, 0.2) is 17.5 Å². The average Bonchev–Trinajstić information content (AvgIpc) is 2.88. The van der Waals surface area contributed by atoms with Gasteiger partial charge in [-0.3, -0.25) is 4.79 Å². The molecule has 0 spiro atoms. The van der Waals surface area contributed by atoms with E-state index < -0.39 is 5.97 Å². The number of amides is 2. The lowest BCUT2D eigenvalue weighted by atomic mass is 10.1. The number of nitrogens with one attached hydrogen (secondary N) is 2. The lowest BCUT2D eigenvalue weighted by Gasteiger charge is -2.19. The number of hydrogen-bond acceptors (Lipinski definition) is 3. The number of aliphatic carboxylic acids is 1. The van der Waals surface area contributed by atoms with Crippen molar-refractivity contribution in [2.24, 2.45) is 0 Å². The van der Waals surface area contributed by atoms with E-state index in [9.17, 15) is 9.59 Å². The molecule has 2 unspecified atom stereocenters. The molecule has 6 heteroatoms. The lowest BCUT2D eigenvalue weighted by Crippen LogP contribution is -2.43. The third kappa shape index (κ3) is 5.30. The van der Waals surface area contributed by atoms with E-state index in [-0.39, 0.29) is 24.5 Å². The zero-order valence-electron chi connectivity index (χ0n) is 11.2. The van der Waals surface area contributed by atoms with Crippen molar-refractivity contribution in [2.45, 2.75) is 45.2 Å². The Bertz CT molecular complexity index is 406. The Kier molecular flexibility index (Phi) is 6.35. The van der Waals surface area contributed by atoms with Crippen molar-refractivity contribution in [3.63, 3.8) is 0 Å². The molecular weight excluding hydrogens is 264 g/mol. The van der Waals surface area contributed by atoms with Crippen molar-refractivity contribution in [3.05, 3.63) is 22.4 Å². The fourth-order valence-corrected chi connectivity index (χ4v) is 2.62. The van der Waals surface area contributed by atoms with Crippen LogP contribution in [0, 0.1) is 0 Å². The molecule has 1 aromatic heterocycles. The third-order valence-corrected chi connectivity index (χ3v) is 3.84. The fourth-order valence-electron chi connectivity index (χ4n) is 1.76. The number of carboxylic acids is 1. The summed E-state index contributed by atoms with van der Waals surface area (Å²) < 4.78 is 0. The minimum Gasteiger partial charge on any atom is -0.481 e. The molecule has 0 radical (unpaired) electrons. The van der Waals surface area contributed by atoms with Crippen LogP contribution in [0.5, 0.6) is 0 Å². The lowest BCUT2D eigenvalue weighted by molar-refractivity contribution is -0.137. The Hall–Kier alpha value is -1.56. The highest BCUT2D eigenvalue weighted by atomic mass is 32.1. The van der Waals surface area contributed by atoms with Crippen LogP contribution < -0.4 is 10.6 Å². The SMILES string of the molecule is CCC(CC(=O)O)NC(=O)NC(CC)c1cccs1. The molecule has 0 aliphatic rings. The van der Waals surface area contributed by atoms with Gasteiger partial charge in [0.25, 0.3) is 0 Å². The van der Waals surface area contributed by atoms with Crippen LogP contribution in [0.4, 0.5) is 4.79 Å². The average molecular weight is 284 g/mol. The Morgan fingerprint density at radius 1 is 1.32 bits per heavy atom. The van der Waals surface area contributed by atoms with Gasteiger partial charge in [0.1, 0.15) is 0 Å². The van der Waals surface area contributed by atoms with E-state index in [1.165, 1.54) is 0 Å². The molecule has 2 amide bonds. The monoisotopic (exact) mass is 284 g/mol. The highest BCUT2D eigenvalue weighted by molar-refractivity contribution is 7.10. The smallest absolute Gasteiger partial charge is 0.315 e. The molecule has 1 aromatic rings. The first-order valence-electron chi connectivity index (χ1n) is 6.39. The molecule has 0 bridgehead atoms. The molecule has 19 heavy (non-hydrogen) atoms. The van der Waals surface area contributed by atoms with Gasteiger partial charge in [0.05, 0.1) is 12.5 Å². The van der Waals surface area contributed by atoms with Crippen LogP contribution >= 0.6 is 11.3 Å². The standard InChI is InChI=1S/C13H20N2O3S/c1-3-9(8-12(16)17)14-13(18)15-10(4-2)11-6-5-7-19-11/h5-7,9-10H,3-4,8H2,1-2H3,(H,16,17)(H2,14,15,18). The van der Waals surface area contributed by atoms with E-state index in [4.69, 9.17) is 5.11 Å². The van der Waals surface area contributed by atoms with Crippen molar-refractivity contribution in [3.8, 4) is 0 Å².